The first-order valence-electron chi connectivity index (χ1n) is 5.85. The van der Waals surface area contributed by atoms with Crippen LogP contribution in [0.15, 0.2) is 6.20 Å². The molecule has 1 aromatic heterocycles. The molecule has 1 atom stereocenters. The van der Waals surface area contributed by atoms with Crippen molar-refractivity contribution in [3.8, 4) is 0 Å². The van der Waals surface area contributed by atoms with Crippen molar-refractivity contribution in [1.29, 1.82) is 0 Å². The van der Waals surface area contributed by atoms with Gasteiger partial charge in [0.15, 0.2) is 0 Å². The minimum Gasteiger partial charge on any atom is -0.316 e. The maximum Gasteiger partial charge on any atom is 0.229 e. The summed E-state index contributed by atoms with van der Waals surface area (Å²) in [5, 5.41) is 12.9. The average molecular weight is 222 g/mol. The summed E-state index contributed by atoms with van der Waals surface area (Å²) in [7, 11) is 0. The van der Waals surface area contributed by atoms with Crippen LogP contribution in [0, 0.1) is 5.92 Å². The van der Waals surface area contributed by atoms with Gasteiger partial charge < -0.3 is 10.6 Å². The second-order valence-corrected chi connectivity index (χ2v) is 4.16. The van der Waals surface area contributed by atoms with Crippen molar-refractivity contribution in [2.75, 3.05) is 18.4 Å². The Labute approximate surface area is 95.0 Å². The Balaban J connectivity index is 1.95. The van der Waals surface area contributed by atoms with Gasteiger partial charge in [-0.05, 0) is 25.8 Å². The summed E-state index contributed by atoms with van der Waals surface area (Å²) < 4.78 is 0. The van der Waals surface area contributed by atoms with E-state index >= 15 is 0 Å². The van der Waals surface area contributed by atoms with Crippen molar-refractivity contribution in [3.05, 3.63) is 11.8 Å². The number of piperidine rings is 1. The number of nitrogens with zero attached hydrogens (tertiary/aromatic N) is 1. The zero-order chi connectivity index (χ0) is 11.4. The maximum atomic E-state index is 11.9. The Morgan fingerprint density at radius 3 is 3.25 bits per heavy atom. The van der Waals surface area contributed by atoms with Gasteiger partial charge in [-0.25, -0.2) is 0 Å². The van der Waals surface area contributed by atoms with Crippen molar-refractivity contribution >= 4 is 11.7 Å². The Kier molecular flexibility index (Phi) is 3.56. The minimum atomic E-state index is 0.0850. The number of carbonyl (C=O) groups excluding carboxylic acids is 1. The smallest absolute Gasteiger partial charge is 0.229 e. The van der Waals surface area contributed by atoms with Crippen LogP contribution in [0.2, 0.25) is 0 Å². The van der Waals surface area contributed by atoms with Crippen LogP contribution < -0.4 is 10.6 Å². The number of amides is 1. The van der Waals surface area contributed by atoms with Crippen LogP contribution in [-0.4, -0.2) is 29.2 Å². The van der Waals surface area contributed by atoms with E-state index in [4.69, 9.17) is 0 Å². The Morgan fingerprint density at radius 1 is 1.69 bits per heavy atom. The highest BCUT2D eigenvalue weighted by Gasteiger charge is 2.21. The standard InChI is InChI=1S/C11H18N4O/c1-2-8-7-13-15-10(8)14-11(16)9-4-3-5-12-6-9/h7,9,12H,2-6H2,1H3,(H2,13,14,15,16). The van der Waals surface area contributed by atoms with Crippen LogP contribution in [0.4, 0.5) is 5.82 Å². The molecule has 1 aliphatic rings. The highest BCUT2D eigenvalue weighted by molar-refractivity contribution is 5.92. The number of aromatic amines is 1. The van der Waals surface area contributed by atoms with E-state index in [-0.39, 0.29) is 11.8 Å². The van der Waals surface area contributed by atoms with Crippen molar-refractivity contribution in [3.63, 3.8) is 0 Å². The van der Waals surface area contributed by atoms with Crippen LogP contribution in [0.25, 0.3) is 0 Å². The van der Waals surface area contributed by atoms with Gasteiger partial charge in [0.05, 0.1) is 12.1 Å². The van der Waals surface area contributed by atoms with Gasteiger partial charge in [-0.1, -0.05) is 6.92 Å². The summed E-state index contributed by atoms with van der Waals surface area (Å²) in [6.45, 7) is 3.85. The molecular weight excluding hydrogens is 204 g/mol. The van der Waals surface area contributed by atoms with E-state index in [1.165, 1.54) is 0 Å². The number of aryl methyl sites for hydroxylation is 1. The lowest BCUT2D eigenvalue weighted by atomic mass is 9.99. The van der Waals surface area contributed by atoms with Crippen molar-refractivity contribution < 1.29 is 4.79 Å². The summed E-state index contributed by atoms with van der Waals surface area (Å²) in [5.74, 6) is 0.922. The maximum absolute atomic E-state index is 11.9. The predicted octanol–water partition coefficient (Wildman–Crippen LogP) is 0.910. The Morgan fingerprint density at radius 2 is 2.56 bits per heavy atom. The highest BCUT2D eigenvalue weighted by Crippen LogP contribution is 2.15. The summed E-state index contributed by atoms with van der Waals surface area (Å²) in [5.41, 5.74) is 1.05. The van der Waals surface area contributed by atoms with E-state index < -0.39 is 0 Å². The number of anilines is 1. The topological polar surface area (TPSA) is 69.8 Å². The van der Waals surface area contributed by atoms with Crippen LogP contribution in [0.5, 0.6) is 0 Å². The summed E-state index contributed by atoms with van der Waals surface area (Å²) in [6.07, 6.45) is 4.67. The van der Waals surface area contributed by atoms with Gasteiger partial charge >= 0.3 is 0 Å². The number of hydrogen-bond donors (Lipinski definition) is 3. The molecule has 1 saturated heterocycles. The van der Waals surface area contributed by atoms with Crippen LogP contribution in [-0.2, 0) is 11.2 Å². The third-order valence-corrected chi connectivity index (χ3v) is 3.01. The number of H-pyrrole nitrogens is 1. The van der Waals surface area contributed by atoms with Crippen LogP contribution in [0.3, 0.4) is 0 Å². The first-order chi connectivity index (χ1) is 7.81. The average Bonchev–Trinajstić information content (AvgIpc) is 2.77. The zero-order valence-corrected chi connectivity index (χ0v) is 9.55. The molecule has 3 N–H and O–H groups in total. The molecule has 5 heteroatoms. The van der Waals surface area contributed by atoms with E-state index in [2.05, 4.69) is 20.8 Å². The summed E-state index contributed by atoms with van der Waals surface area (Å²) >= 11 is 0. The lowest BCUT2D eigenvalue weighted by molar-refractivity contribution is -0.120. The van der Waals surface area contributed by atoms with Gasteiger partial charge in [-0.3, -0.25) is 9.89 Å². The molecule has 1 unspecified atom stereocenters. The molecule has 1 aromatic rings. The number of rotatable bonds is 3. The molecule has 0 aromatic carbocycles. The fourth-order valence-corrected chi connectivity index (χ4v) is 1.99. The van der Waals surface area contributed by atoms with Gasteiger partial charge in [-0.15, -0.1) is 0 Å². The highest BCUT2D eigenvalue weighted by atomic mass is 16.2. The molecule has 1 fully saturated rings. The molecule has 2 rings (SSSR count). The third-order valence-electron chi connectivity index (χ3n) is 3.01. The minimum absolute atomic E-state index is 0.0850. The largest absolute Gasteiger partial charge is 0.316 e. The second-order valence-electron chi connectivity index (χ2n) is 4.16. The molecule has 1 amide bonds. The predicted molar refractivity (Wildman–Crippen MR) is 62.2 cm³/mol. The number of hydrogen-bond acceptors (Lipinski definition) is 3. The zero-order valence-electron chi connectivity index (χ0n) is 9.55. The molecule has 0 bridgehead atoms. The quantitative estimate of drug-likeness (QED) is 0.712. The number of aromatic nitrogens is 2. The molecule has 0 radical (unpaired) electrons. The second kappa shape index (κ2) is 5.12. The monoisotopic (exact) mass is 222 g/mol. The Bertz CT molecular complexity index is 355. The lowest BCUT2D eigenvalue weighted by Gasteiger charge is -2.21. The number of carbonyl (C=O) groups is 1. The van der Waals surface area contributed by atoms with E-state index in [9.17, 15) is 4.79 Å². The Hall–Kier alpha value is -1.36. The number of nitrogens with one attached hydrogen (secondary N) is 3. The summed E-state index contributed by atoms with van der Waals surface area (Å²) in [6, 6.07) is 0. The molecule has 16 heavy (non-hydrogen) atoms. The SMILES string of the molecule is CCc1cn[nH]c1NC(=O)C1CCCNC1. The molecule has 0 spiro atoms. The van der Waals surface area contributed by atoms with Crippen molar-refractivity contribution in [2.45, 2.75) is 26.2 Å². The van der Waals surface area contributed by atoms with Gasteiger partial charge in [-0.2, -0.15) is 5.10 Å². The van der Waals surface area contributed by atoms with Gasteiger partial charge in [0, 0.05) is 12.1 Å². The fraction of sp³-hybridized carbons (Fsp3) is 0.636. The molecule has 5 nitrogen and oxygen atoms in total. The molecular formula is C11H18N4O. The van der Waals surface area contributed by atoms with E-state index in [1.54, 1.807) is 6.20 Å². The molecule has 88 valence electrons. The lowest BCUT2D eigenvalue weighted by Crippen LogP contribution is -2.37. The fourth-order valence-electron chi connectivity index (χ4n) is 1.99. The molecule has 2 heterocycles. The van der Waals surface area contributed by atoms with Gasteiger partial charge in [0.2, 0.25) is 5.91 Å². The molecule has 0 saturated carbocycles. The van der Waals surface area contributed by atoms with Gasteiger partial charge in [0.1, 0.15) is 5.82 Å². The normalized spacial score (nSPS) is 20.7. The van der Waals surface area contributed by atoms with E-state index in [0.717, 1.165) is 43.7 Å². The summed E-state index contributed by atoms with van der Waals surface area (Å²) in [4.78, 5) is 11.9. The first-order valence-corrected chi connectivity index (χ1v) is 5.85. The van der Waals surface area contributed by atoms with Crippen LogP contribution >= 0.6 is 0 Å². The first kappa shape index (κ1) is 11.1. The van der Waals surface area contributed by atoms with E-state index in [1.807, 2.05) is 6.92 Å². The third kappa shape index (κ3) is 2.41. The van der Waals surface area contributed by atoms with E-state index in [0.29, 0.717) is 0 Å². The molecule has 0 aliphatic carbocycles. The van der Waals surface area contributed by atoms with Gasteiger partial charge in [0.25, 0.3) is 0 Å². The van der Waals surface area contributed by atoms with Crippen molar-refractivity contribution in [1.82, 2.24) is 15.5 Å². The van der Waals surface area contributed by atoms with Crippen molar-refractivity contribution in [2.24, 2.45) is 5.92 Å². The van der Waals surface area contributed by atoms with Crippen LogP contribution in [0.1, 0.15) is 25.3 Å². The molecule has 1 aliphatic heterocycles.